The van der Waals surface area contributed by atoms with Gasteiger partial charge in [0.1, 0.15) is 0 Å². The van der Waals surface area contributed by atoms with Gasteiger partial charge in [-0.2, -0.15) is 5.10 Å². The third kappa shape index (κ3) is 4.16. The Morgan fingerprint density at radius 3 is 2.86 bits per heavy atom. The third-order valence-corrected chi connectivity index (χ3v) is 4.12. The van der Waals surface area contributed by atoms with Crippen LogP contribution in [0.25, 0.3) is 0 Å². The van der Waals surface area contributed by atoms with Gasteiger partial charge in [-0.1, -0.05) is 24.0 Å². The zero-order valence-corrected chi connectivity index (χ0v) is 12.0. The highest BCUT2D eigenvalue weighted by atomic mass is 32.2. The Bertz CT molecular complexity index is 743. The Kier molecular flexibility index (Phi) is 5.11. The lowest BCUT2D eigenvalue weighted by Gasteiger charge is -2.07. The number of aliphatic hydroxyl groups is 1. The van der Waals surface area contributed by atoms with Gasteiger partial charge in [-0.25, -0.2) is 13.1 Å². The molecule has 110 valence electrons. The first-order chi connectivity index (χ1) is 10.1. The van der Waals surface area contributed by atoms with Crippen molar-refractivity contribution in [2.75, 3.05) is 6.61 Å². The molecule has 6 nitrogen and oxygen atoms in total. The van der Waals surface area contributed by atoms with E-state index in [0.717, 1.165) is 5.56 Å². The minimum Gasteiger partial charge on any atom is -0.395 e. The number of nitrogens with one attached hydrogen (secondary N) is 2. The van der Waals surface area contributed by atoms with Gasteiger partial charge in [-0.3, -0.25) is 5.10 Å². The van der Waals surface area contributed by atoms with E-state index in [1.807, 2.05) is 0 Å². The van der Waals surface area contributed by atoms with Gasteiger partial charge in [0.05, 0.1) is 17.7 Å². The molecule has 0 aliphatic carbocycles. The molecule has 1 aromatic heterocycles. The fourth-order valence-corrected chi connectivity index (χ4v) is 2.83. The van der Waals surface area contributed by atoms with Crippen LogP contribution in [0, 0.1) is 11.8 Å². The topological polar surface area (TPSA) is 95.1 Å². The van der Waals surface area contributed by atoms with Crippen LogP contribution >= 0.6 is 0 Å². The molecule has 0 aliphatic rings. The fourth-order valence-electron chi connectivity index (χ4n) is 1.65. The summed E-state index contributed by atoms with van der Waals surface area (Å²) >= 11 is 0. The van der Waals surface area contributed by atoms with E-state index in [4.69, 9.17) is 5.11 Å². The molecule has 1 heterocycles. The molecule has 0 saturated carbocycles. The number of rotatable bonds is 5. The zero-order chi connectivity index (χ0) is 15.1. The molecule has 2 aromatic rings. The van der Waals surface area contributed by atoms with Crippen molar-refractivity contribution >= 4 is 10.0 Å². The maximum absolute atomic E-state index is 12.3. The summed E-state index contributed by atoms with van der Waals surface area (Å²) in [5, 5.41) is 15.1. The molecule has 3 N–H and O–H groups in total. The lowest BCUT2D eigenvalue weighted by Crippen LogP contribution is -2.23. The molecular formula is C14H15N3O3S. The Labute approximate surface area is 123 Å². The molecule has 0 amide bonds. The first-order valence-corrected chi connectivity index (χ1v) is 7.78. The molecule has 2 rings (SSSR count). The number of aliphatic hydroxyl groups excluding tert-OH is 1. The number of benzene rings is 1. The van der Waals surface area contributed by atoms with Crippen molar-refractivity contribution in [1.82, 2.24) is 14.9 Å². The number of hydrogen-bond donors (Lipinski definition) is 3. The summed E-state index contributed by atoms with van der Waals surface area (Å²) in [5.41, 5.74) is 1.15. The average Bonchev–Trinajstić information content (AvgIpc) is 2.99. The van der Waals surface area contributed by atoms with Gasteiger partial charge in [0.25, 0.3) is 0 Å². The monoisotopic (exact) mass is 305 g/mol. The van der Waals surface area contributed by atoms with E-state index in [1.54, 1.807) is 30.6 Å². The van der Waals surface area contributed by atoms with Gasteiger partial charge in [0, 0.05) is 30.3 Å². The molecular weight excluding hydrogens is 290 g/mol. The van der Waals surface area contributed by atoms with E-state index < -0.39 is 10.0 Å². The third-order valence-electron chi connectivity index (χ3n) is 2.66. The Hall–Kier alpha value is -2.14. The minimum atomic E-state index is -3.66. The van der Waals surface area contributed by atoms with Crippen LogP contribution in [0.1, 0.15) is 17.5 Å². The van der Waals surface area contributed by atoms with Crippen molar-refractivity contribution in [3.8, 4) is 11.8 Å². The Morgan fingerprint density at radius 2 is 2.14 bits per heavy atom. The SMILES string of the molecule is O=S(=O)(NCc1cn[nH]c1)c1ccccc1C#CCCO. The summed E-state index contributed by atoms with van der Waals surface area (Å²) in [6.07, 6.45) is 3.47. The number of sulfonamides is 1. The van der Waals surface area contributed by atoms with Crippen LogP contribution in [0.2, 0.25) is 0 Å². The lowest BCUT2D eigenvalue weighted by atomic mass is 10.2. The predicted molar refractivity (Wildman–Crippen MR) is 77.6 cm³/mol. The van der Waals surface area contributed by atoms with E-state index >= 15 is 0 Å². The molecule has 0 unspecified atom stereocenters. The van der Waals surface area contributed by atoms with Crippen LogP contribution in [-0.4, -0.2) is 30.3 Å². The smallest absolute Gasteiger partial charge is 0.242 e. The van der Waals surface area contributed by atoms with Gasteiger partial charge in [-0.15, -0.1) is 0 Å². The number of H-pyrrole nitrogens is 1. The van der Waals surface area contributed by atoms with Crippen molar-refractivity contribution in [3.05, 3.63) is 47.8 Å². The average molecular weight is 305 g/mol. The highest BCUT2D eigenvalue weighted by Crippen LogP contribution is 2.14. The highest BCUT2D eigenvalue weighted by molar-refractivity contribution is 7.89. The summed E-state index contributed by atoms with van der Waals surface area (Å²) < 4.78 is 27.1. The summed E-state index contributed by atoms with van der Waals surface area (Å²) in [7, 11) is -3.66. The fraction of sp³-hybridized carbons (Fsp3) is 0.214. The van der Waals surface area contributed by atoms with Crippen LogP contribution in [0.4, 0.5) is 0 Å². The van der Waals surface area contributed by atoms with Gasteiger partial charge in [-0.05, 0) is 12.1 Å². The first-order valence-electron chi connectivity index (χ1n) is 6.29. The molecule has 7 heteroatoms. The molecule has 0 fully saturated rings. The number of aromatic amines is 1. The van der Waals surface area contributed by atoms with Crippen LogP contribution in [0.15, 0.2) is 41.6 Å². The quantitative estimate of drug-likeness (QED) is 0.706. The summed E-state index contributed by atoms with van der Waals surface area (Å²) in [6.45, 7) is 0.0951. The van der Waals surface area contributed by atoms with E-state index in [-0.39, 0.29) is 18.0 Å². The molecule has 0 bridgehead atoms. The Balaban J connectivity index is 2.21. The number of hydrogen-bond acceptors (Lipinski definition) is 4. The van der Waals surface area contributed by atoms with Crippen LogP contribution in [-0.2, 0) is 16.6 Å². The van der Waals surface area contributed by atoms with Crippen molar-refractivity contribution in [1.29, 1.82) is 0 Å². The first kappa shape index (κ1) is 15.3. The maximum Gasteiger partial charge on any atom is 0.242 e. The highest BCUT2D eigenvalue weighted by Gasteiger charge is 2.17. The molecule has 0 atom stereocenters. The second-order valence-electron chi connectivity index (χ2n) is 4.20. The van der Waals surface area contributed by atoms with Gasteiger partial charge < -0.3 is 5.11 Å². The molecule has 0 aliphatic heterocycles. The van der Waals surface area contributed by atoms with Crippen LogP contribution < -0.4 is 4.72 Å². The van der Waals surface area contributed by atoms with Crippen molar-refractivity contribution in [3.63, 3.8) is 0 Å². The minimum absolute atomic E-state index is 0.0549. The number of aromatic nitrogens is 2. The second-order valence-corrected chi connectivity index (χ2v) is 5.94. The standard InChI is InChI=1S/C14H15N3O3S/c18-8-4-3-6-13-5-1-2-7-14(13)21(19,20)17-11-12-9-15-16-10-12/h1-2,5,7,9-10,17-18H,4,8,11H2,(H,15,16). The van der Waals surface area contributed by atoms with Crippen molar-refractivity contribution in [2.24, 2.45) is 0 Å². The molecule has 0 radical (unpaired) electrons. The molecule has 0 saturated heterocycles. The molecule has 21 heavy (non-hydrogen) atoms. The van der Waals surface area contributed by atoms with Crippen molar-refractivity contribution in [2.45, 2.75) is 17.9 Å². The normalized spacial score (nSPS) is 10.9. The van der Waals surface area contributed by atoms with Gasteiger partial charge in [0.2, 0.25) is 10.0 Å². The summed E-state index contributed by atoms with van der Waals surface area (Å²) in [5.74, 6) is 5.49. The van der Waals surface area contributed by atoms with E-state index in [0.29, 0.717) is 12.0 Å². The number of nitrogens with zero attached hydrogens (tertiary/aromatic N) is 1. The zero-order valence-electron chi connectivity index (χ0n) is 11.2. The van der Waals surface area contributed by atoms with E-state index in [9.17, 15) is 8.42 Å². The predicted octanol–water partition coefficient (Wildman–Crippen LogP) is 0.622. The van der Waals surface area contributed by atoms with Crippen LogP contribution in [0.5, 0.6) is 0 Å². The maximum atomic E-state index is 12.3. The summed E-state index contributed by atoms with van der Waals surface area (Å²) in [6, 6.07) is 6.50. The summed E-state index contributed by atoms with van der Waals surface area (Å²) in [4.78, 5) is 0.124. The second kappa shape index (κ2) is 7.04. The molecule has 1 aromatic carbocycles. The Morgan fingerprint density at radius 1 is 1.33 bits per heavy atom. The largest absolute Gasteiger partial charge is 0.395 e. The van der Waals surface area contributed by atoms with E-state index in [1.165, 1.54) is 6.07 Å². The van der Waals surface area contributed by atoms with Gasteiger partial charge >= 0.3 is 0 Å². The van der Waals surface area contributed by atoms with Crippen LogP contribution in [0.3, 0.4) is 0 Å². The lowest BCUT2D eigenvalue weighted by molar-refractivity contribution is 0.305. The van der Waals surface area contributed by atoms with Crippen molar-refractivity contribution < 1.29 is 13.5 Å². The van der Waals surface area contributed by atoms with Gasteiger partial charge in [0.15, 0.2) is 0 Å². The van der Waals surface area contributed by atoms with E-state index in [2.05, 4.69) is 26.8 Å². The molecule has 0 spiro atoms.